The molecule has 0 aromatic heterocycles. The van der Waals surface area contributed by atoms with Crippen molar-refractivity contribution in [2.75, 3.05) is 20.2 Å². The zero-order chi connectivity index (χ0) is 12.4. The van der Waals surface area contributed by atoms with E-state index in [1.165, 1.54) is 44.3 Å². The SMILES string of the molecule is COc1ccccc1CC1CCCC2CNCC21. The van der Waals surface area contributed by atoms with Gasteiger partial charge in [-0.1, -0.05) is 24.6 Å². The second-order valence-corrected chi connectivity index (χ2v) is 5.79. The first-order chi connectivity index (χ1) is 8.88. The summed E-state index contributed by atoms with van der Waals surface area (Å²) in [4.78, 5) is 0. The Morgan fingerprint density at radius 2 is 2.11 bits per heavy atom. The van der Waals surface area contributed by atoms with E-state index >= 15 is 0 Å². The minimum Gasteiger partial charge on any atom is -0.496 e. The molecule has 2 aliphatic rings. The van der Waals surface area contributed by atoms with Crippen LogP contribution in [0.15, 0.2) is 24.3 Å². The van der Waals surface area contributed by atoms with Gasteiger partial charge in [-0.05, 0) is 61.7 Å². The molecule has 0 bridgehead atoms. The summed E-state index contributed by atoms with van der Waals surface area (Å²) in [5.74, 6) is 3.72. The Morgan fingerprint density at radius 1 is 1.22 bits per heavy atom. The fraction of sp³-hybridized carbons (Fsp3) is 0.625. The normalized spacial score (nSPS) is 31.1. The molecule has 0 spiro atoms. The summed E-state index contributed by atoms with van der Waals surface area (Å²) in [6.07, 6.45) is 5.41. The van der Waals surface area contributed by atoms with Crippen molar-refractivity contribution >= 4 is 0 Å². The van der Waals surface area contributed by atoms with Gasteiger partial charge in [0.1, 0.15) is 5.75 Å². The average Bonchev–Trinajstić information content (AvgIpc) is 2.89. The fourth-order valence-corrected chi connectivity index (χ4v) is 3.88. The summed E-state index contributed by atoms with van der Waals surface area (Å²) in [5.41, 5.74) is 1.39. The van der Waals surface area contributed by atoms with Crippen molar-refractivity contribution in [2.24, 2.45) is 17.8 Å². The molecule has 2 nitrogen and oxygen atoms in total. The van der Waals surface area contributed by atoms with Crippen molar-refractivity contribution in [2.45, 2.75) is 25.7 Å². The number of hydrogen-bond acceptors (Lipinski definition) is 2. The molecule has 0 radical (unpaired) electrons. The quantitative estimate of drug-likeness (QED) is 0.884. The van der Waals surface area contributed by atoms with Crippen molar-refractivity contribution in [3.05, 3.63) is 29.8 Å². The van der Waals surface area contributed by atoms with Gasteiger partial charge in [0, 0.05) is 0 Å². The Kier molecular flexibility index (Phi) is 3.55. The lowest BCUT2D eigenvalue weighted by Crippen LogP contribution is -2.28. The predicted molar refractivity (Wildman–Crippen MR) is 73.9 cm³/mol. The highest BCUT2D eigenvalue weighted by Crippen LogP contribution is 2.39. The molecule has 2 heteroatoms. The molecule has 1 N–H and O–H groups in total. The van der Waals surface area contributed by atoms with E-state index in [1.807, 2.05) is 0 Å². The Morgan fingerprint density at radius 3 is 3.00 bits per heavy atom. The number of benzene rings is 1. The van der Waals surface area contributed by atoms with Crippen LogP contribution in [-0.4, -0.2) is 20.2 Å². The number of hydrogen-bond donors (Lipinski definition) is 1. The molecule has 0 amide bonds. The number of ether oxygens (including phenoxy) is 1. The van der Waals surface area contributed by atoms with Crippen molar-refractivity contribution < 1.29 is 4.74 Å². The van der Waals surface area contributed by atoms with Crippen LogP contribution < -0.4 is 10.1 Å². The fourth-order valence-electron chi connectivity index (χ4n) is 3.88. The van der Waals surface area contributed by atoms with Gasteiger partial charge in [0.25, 0.3) is 0 Å². The molecule has 18 heavy (non-hydrogen) atoms. The lowest BCUT2D eigenvalue weighted by Gasteiger charge is -2.33. The Bertz CT molecular complexity index is 404. The minimum absolute atomic E-state index is 0.843. The van der Waals surface area contributed by atoms with E-state index in [9.17, 15) is 0 Å². The first-order valence-electron chi connectivity index (χ1n) is 7.21. The van der Waals surface area contributed by atoms with E-state index < -0.39 is 0 Å². The van der Waals surface area contributed by atoms with Gasteiger partial charge < -0.3 is 10.1 Å². The van der Waals surface area contributed by atoms with Crippen LogP contribution in [0.3, 0.4) is 0 Å². The maximum atomic E-state index is 5.48. The van der Waals surface area contributed by atoms with Gasteiger partial charge in [-0.15, -0.1) is 0 Å². The van der Waals surface area contributed by atoms with Crippen molar-refractivity contribution in [1.29, 1.82) is 0 Å². The van der Waals surface area contributed by atoms with Gasteiger partial charge in [-0.25, -0.2) is 0 Å². The Labute approximate surface area is 110 Å². The molecule has 1 saturated heterocycles. The van der Waals surface area contributed by atoms with Crippen molar-refractivity contribution in [3.63, 3.8) is 0 Å². The summed E-state index contributed by atoms with van der Waals surface area (Å²) < 4.78 is 5.48. The second-order valence-electron chi connectivity index (χ2n) is 5.79. The van der Waals surface area contributed by atoms with Gasteiger partial charge in [-0.2, -0.15) is 0 Å². The van der Waals surface area contributed by atoms with Crippen LogP contribution in [0.1, 0.15) is 24.8 Å². The Hall–Kier alpha value is -1.02. The molecule has 1 aliphatic carbocycles. The molecule has 1 aliphatic heterocycles. The smallest absolute Gasteiger partial charge is 0.122 e. The van der Waals surface area contributed by atoms with E-state index in [4.69, 9.17) is 4.74 Å². The average molecular weight is 245 g/mol. The van der Waals surface area contributed by atoms with E-state index in [-0.39, 0.29) is 0 Å². The molecule has 2 fully saturated rings. The van der Waals surface area contributed by atoms with Crippen LogP contribution in [-0.2, 0) is 6.42 Å². The highest BCUT2D eigenvalue weighted by atomic mass is 16.5. The number of fused-ring (bicyclic) bond motifs is 1. The van der Waals surface area contributed by atoms with Gasteiger partial charge in [0.2, 0.25) is 0 Å². The van der Waals surface area contributed by atoms with Crippen LogP contribution in [0.5, 0.6) is 5.75 Å². The van der Waals surface area contributed by atoms with E-state index in [0.29, 0.717) is 0 Å². The molecule has 1 saturated carbocycles. The lowest BCUT2D eigenvalue weighted by molar-refractivity contribution is 0.197. The summed E-state index contributed by atoms with van der Waals surface area (Å²) in [6, 6.07) is 8.50. The standard InChI is InChI=1S/C16H23NO/c1-18-16-8-3-2-5-13(16)9-12-6-4-7-14-10-17-11-15(12)14/h2-3,5,8,12,14-15,17H,4,6-7,9-11H2,1H3. The van der Waals surface area contributed by atoms with Gasteiger partial charge >= 0.3 is 0 Å². The molecule has 3 rings (SSSR count). The highest BCUT2D eigenvalue weighted by Gasteiger charge is 2.36. The third-order valence-corrected chi connectivity index (χ3v) is 4.82. The van der Waals surface area contributed by atoms with Crippen LogP contribution in [0.2, 0.25) is 0 Å². The molecule has 98 valence electrons. The number of rotatable bonds is 3. The van der Waals surface area contributed by atoms with E-state index in [1.54, 1.807) is 7.11 Å². The zero-order valence-electron chi connectivity index (χ0n) is 11.2. The monoisotopic (exact) mass is 245 g/mol. The second kappa shape index (κ2) is 5.31. The van der Waals surface area contributed by atoms with E-state index in [0.717, 1.165) is 23.5 Å². The molecule has 3 atom stereocenters. The molecule has 1 aromatic rings. The lowest BCUT2D eigenvalue weighted by atomic mass is 9.71. The summed E-state index contributed by atoms with van der Waals surface area (Å²) >= 11 is 0. The maximum absolute atomic E-state index is 5.48. The zero-order valence-corrected chi connectivity index (χ0v) is 11.2. The summed E-state index contributed by atoms with van der Waals surface area (Å²) in [7, 11) is 1.78. The minimum atomic E-state index is 0.843. The first kappa shape index (κ1) is 12.0. The third kappa shape index (κ3) is 2.26. The molecule has 3 unspecified atom stereocenters. The number of nitrogens with one attached hydrogen (secondary N) is 1. The number of methoxy groups -OCH3 is 1. The van der Waals surface area contributed by atoms with Crippen LogP contribution in [0.4, 0.5) is 0 Å². The topological polar surface area (TPSA) is 21.3 Å². The molecule has 1 heterocycles. The van der Waals surface area contributed by atoms with Crippen molar-refractivity contribution in [3.8, 4) is 5.75 Å². The Balaban J connectivity index is 1.75. The largest absolute Gasteiger partial charge is 0.496 e. The molecular formula is C16H23NO. The first-order valence-corrected chi connectivity index (χ1v) is 7.21. The van der Waals surface area contributed by atoms with Gasteiger partial charge in [0.15, 0.2) is 0 Å². The van der Waals surface area contributed by atoms with Crippen LogP contribution in [0, 0.1) is 17.8 Å². The van der Waals surface area contributed by atoms with Gasteiger partial charge in [-0.3, -0.25) is 0 Å². The van der Waals surface area contributed by atoms with Gasteiger partial charge in [0.05, 0.1) is 7.11 Å². The van der Waals surface area contributed by atoms with Crippen LogP contribution in [0.25, 0.3) is 0 Å². The van der Waals surface area contributed by atoms with E-state index in [2.05, 4.69) is 29.6 Å². The summed E-state index contributed by atoms with van der Waals surface area (Å²) in [6.45, 7) is 2.47. The van der Waals surface area contributed by atoms with Crippen LogP contribution >= 0.6 is 0 Å². The summed E-state index contributed by atoms with van der Waals surface area (Å²) in [5, 5.41) is 3.58. The maximum Gasteiger partial charge on any atom is 0.122 e. The molecular weight excluding hydrogens is 222 g/mol. The molecule has 1 aromatic carbocycles. The highest BCUT2D eigenvalue weighted by molar-refractivity contribution is 5.33. The van der Waals surface area contributed by atoms with Crippen molar-refractivity contribution in [1.82, 2.24) is 5.32 Å². The third-order valence-electron chi connectivity index (χ3n) is 4.82. The predicted octanol–water partition coefficient (Wildman–Crippen LogP) is 2.87. The number of para-hydroxylation sites is 1.